The summed E-state index contributed by atoms with van der Waals surface area (Å²) in [5.74, 6) is 0.391. The summed E-state index contributed by atoms with van der Waals surface area (Å²) in [5.41, 5.74) is 3.38. The van der Waals surface area contributed by atoms with Crippen LogP contribution >= 0.6 is 46.4 Å². The summed E-state index contributed by atoms with van der Waals surface area (Å²) in [7, 11) is -2.36. The number of esters is 1. The second-order valence-corrected chi connectivity index (χ2v) is 19.0. The lowest BCUT2D eigenvalue weighted by Crippen LogP contribution is -2.51. The van der Waals surface area contributed by atoms with Gasteiger partial charge in [-0.25, -0.2) is 4.79 Å². The fourth-order valence-corrected chi connectivity index (χ4v) is 6.64. The van der Waals surface area contributed by atoms with Crippen molar-refractivity contribution in [3.05, 3.63) is 90.9 Å². The van der Waals surface area contributed by atoms with E-state index < -0.39 is 14.4 Å². The highest BCUT2D eigenvalue weighted by molar-refractivity contribution is 6.74. The molecule has 1 saturated heterocycles. The minimum atomic E-state index is -2.36. The average Bonchev–Trinajstić information content (AvgIpc) is 2.92. The number of benzene rings is 3. The van der Waals surface area contributed by atoms with Crippen LogP contribution in [0.25, 0.3) is 0 Å². The van der Waals surface area contributed by atoms with Crippen LogP contribution in [0.2, 0.25) is 38.2 Å². The lowest BCUT2D eigenvalue weighted by Gasteiger charge is -2.43. The van der Waals surface area contributed by atoms with Gasteiger partial charge < -0.3 is 18.6 Å². The lowest BCUT2D eigenvalue weighted by molar-refractivity contribution is -0.163. The topological polar surface area (TPSA) is 54.0 Å². The molecule has 1 heterocycles. The van der Waals surface area contributed by atoms with Crippen molar-refractivity contribution < 1.29 is 23.4 Å². The molecular weight excluding hydrogens is 646 g/mol. The third-order valence-corrected chi connectivity index (χ3v) is 14.3. The molecule has 0 saturated carbocycles. The monoisotopic (exact) mass is 682 g/mol. The number of aryl methyl sites for hydroxylation is 1. The quantitative estimate of drug-likeness (QED) is 0.166. The molecule has 1 aliphatic rings. The first kappa shape index (κ1) is 33.9. The van der Waals surface area contributed by atoms with Crippen LogP contribution in [0.3, 0.4) is 0 Å². The predicted octanol–water partition coefficient (Wildman–Crippen LogP) is 10.4. The minimum Gasteiger partial charge on any atom is -0.485 e. The third-order valence-electron chi connectivity index (χ3n) is 8.32. The van der Waals surface area contributed by atoms with Crippen molar-refractivity contribution in [3.63, 3.8) is 0 Å². The van der Waals surface area contributed by atoms with Crippen molar-refractivity contribution in [1.82, 2.24) is 0 Å². The van der Waals surface area contributed by atoms with Crippen LogP contribution in [-0.2, 0) is 27.2 Å². The second-order valence-electron chi connectivity index (χ2n) is 12.6. The molecule has 1 aliphatic heterocycles. The van der Waals surface area contributed by atoms with Crippen molar-refractivity contribution in [2.45, 2.75) is 78.0 Å². The summed E-state index contributed by atoms with van der Waals surface area (Å²) >= 11 is 24.9. The molecule has 4 rings (SSSR count). The van der Waals surface area contributed by atoms with E-state index in [1.807, 2.05) is 31.2 Å². The molecule has 43 heavy (non-hydrogen) atoms. The maximum absolute atomic E-state index is 13.4. The Kier molecular flexibility index (Phi) is 10.7. The van der Waals surface area contributed by atoms with Crippen LogP contribution in [0.1, 0.15) is 55.9 Å². The predicted molar refractivity (Wildman–Crippen MR) is 178 cm³/mol. The maximum Gasteiger partial charge on any atom is 0.334 e. The van der Waals surface area contributed by atoms with Gasteiger partial charge in [0.25, 0.3) is 0 Å². The van der Waals surface area contributed by atoms with Crippen molar-refractivity contribution in [3.8, 4) is 11.5 Å². The smallest absolute Gasteiger partial charge is 0.334 e. The Bertz CT molecular complexity index is 1490. The van der Waals surface area contributed by atoms with Crippen LogP contribution in [0.4, 0.5) is 0 Å². The zero-order chi connectivity index (χ0) is 31.7. The number of carbonyl (C=O) groups excluding carboxylic acids is 1. The van der Waals surface area contributed by atoms with Gasteiger partial charge in [0.05, 0.1) is 26.7 Å². The Morgan fingerprint density at radius 1 is 0.837 bits per heavy atom. The third kappa shape index (κ3) is 7.84. The number of cyclic esters (lactones) is 1. The fourth-order valence-electron chi connectivity index (χ4n) is 4.77. The van der Waals surface area contributed by atoms with Gasteiger partial charge >= 0.3 is 5.97 Å². The van der Waals surface area contributed by atoms with Crippen molar-refractivity contribution in [2.75, 3.05) is 6.61 Å². The number of hydrogen-bond acceptors (Lipinski definition) is 5. The molecule has 0 N–H and O–H groups in total. The van der Waals surface area contributed by atoms with Crippen LogP contribution in [0.5, 0.6) is 11.5 Å². The van der Waals surface area contributed by atoms with Crippen LogP contribution in [0, 0.1) is 12.8 Å². The van der Waals surface area contributed by atoms with Crippen LogP contribution in [-0.4, -0.2) is 27.0 Å². The van der Waals surface area contributed by atoms with E-state index in [0.29, 0.717) is 31.6 Å². The van der Waals surface area contributed by atoms with Crippen molar-refractivity contribution in [1.29, 1.82) is 0 Å². The summed E-state index contributed by atoms with van der Waals surface area (Å²) in [4.78, 5) is 13.4. The molecule has 0 spiro atoms. The molecule has 232 valence electrons. The second kappa shape index (κ2) is 13.6. The van der Waals surface area contributed by atoms with Gasteiger partial charge in [0.1, 0.15) is 13.2 Å². The van der Waals surface area contributed by atoms with Crippen LogP contribution < -0.4 is 9.47 Å². The Morgan fingerprint density at radius 2 is 1.37 bits per heavy atom. The fraction of sp³-hybridized carbons (Fsp3) is 0.424. The Balaban J connectivity index is 1.79. The lowest BCUT2D eigenvalue weighted by atomic mass is 9.80. The molecule has 0 aliphatic carbocycles. The van der Waals surface area contributed by atoms with E-state index in [0.717, 1.165) is 22.3 Å². The van der Waals surface area contributed by atoms with Gasteiger partial charge in [0.15, 0.2) is 25.9 Å². The number of carbonyl (C=O) groups is 1. The number of halogens is 4. The standard InChI is InChI=1S/C33H38Cl4O5Si/c1-19-8-11-23(28-20(2)16-41-32(38)31(28)42-43(6,7)33(3,4)5)30(40-18-22-10-13-25(35)27(37)15-22)29(19)39-17-21-9-12-24(34)26(36)14-21/h8-15,20,28,31H,16-18H2,1-7H3/t20-,28-,31+/m1/s1. The Morgan fingerprint density at radius 3 is 1.88 bits per heavy atom. The molecule has 0 bridgehead atoms. The van der Waals surface area contributed by atoms with Gasteiger partial charge in [-0.2, -0.15) is 0 Å². The largest absolute Gasteiger partial charge is 0.485 e. The molecule has 1 fully saturated rings. The number of hydrogen-bond donors (Lipinski definition) is 0. The number of rotatable bonds is 9. The molecule has 0 aromatic heterocycles. The molecule has 10 heteroatoms. The van der Waals surface area contributed by atoms with Gasteiger partial charge in [0, 0.05) is 17.4 Å². The number of ether oxygens (including phenoxy) is 3. The van der Waals surface area contributed by atoms with E-state index in [2.05, 4.69) is 40.8 Å². The van der Waals surface area contributed by atoms with E-state index >= 15 is 0 Å². The first-order valence-corrected chi connectivity index (χ1v) is 18.6. The van der Waals surface area contributed by atoms with E-state index in [-0.39, 0.29) is 42.7 Å². The van der Waals surface area contributed by atoms with Gasteiger partial charge in [-0.3, -0.25) is 0 Å². The normalized spacial score (nSPS) is 19.2. The highest BCUT2D eigenvalue weighted by atomic mass is 35.5. The zero-order valence-corrected chi connectivity index (χ0v) is 29.5. The summed E-state index contributed by atoms with van der Waals surface area (Å²) in [6.07, 6.45) is -0.789. The Labute approximate surface area is 275 Å². The molecule has 0 radical (unpaired) electrons. The van der Waals surface area contributed by atoms with E-state index in [9.17, 15) is 4.79 Å². The summed E-state index contributed by atoms with van der Waals surface area (Å²) in [6, 6.07) is 14.8. The summed E-state index contributed by atoms with van der Waals surface area (Å²) < 4.78 is 25.4. The first-order chi connectivity index (χ1) is 20.1. The Hall–Kier alpha value is -1.93. The molecule has 3 atom stereocenters. The first-order valence-electron chi connectivity index (χ1n) is 14.2. The van der Waals surface area contributed by atoms with Crippen molar-refractivity contribution >= 4 is 60.7 Å². The van der Waals surface area contributed by atoms with Gasteiger partial charge in [-0.05, 0) is 66.0 Å². The SMILES string of the molecule is Cc1ccc([C@H]2[C@H](C)COC(=O)[C@H]2O[Si](C)(C)C(C)(C)C)c(OCc2ccc(Cl)c(Cl)c2)c1OCc1ccc(Cl)c(Cl)c1. The molecule has 3 aromatic carbocycles. The van der Waals surface area contributed by atoms with Crippen LogP contribution in [0.15, 0.2) is 48.5 Å². The van der Waals surface area contributed by atoms with Gasteiger partial charge in [-0.15, -0.1) is 0 Å². The highest BCUT2D eigenvalue weighted by Gasteiger charge is 2.48. The molecule has 3 aromatic rings. The highest BCUT2D eigenvalue weighted by Crippen LogP contribution is 2.47. The van der Waals surface area contributed by atoms with Crippen molar-refractivity contribution in [2.24, 2.45) is 5.92 Å². The van der Waals surface area contributed by atoms with Gasteiger partial charge in [-0.1, -0.05) is 98.4 Å². The molecule has 5 nitrogen and oxygen atoms in total. The van der Waals surface area contributed by atoms with E-state index in [1.54, 1.807) is 24.3 Å². The summed E-state index contributed by atoms with van der Waals surface area (Å²) in [6.45, 7) is 15.5. The molecule has 0 amide bonds. The minimum absolute atomic E-state index is 0.0366. The average molecular weight is 685 g/mol. The van der Waals surface area contributed by atoms with Gasteiger partial charge in [0.2, 0.25) is 0 Å². The molecule has 0 unspecified atom stereocenters. The molecular formula is C33H38Cl4O5Si. The summed E-state index contributed by atoms with van der Waals surface area (Å²) in [5, 5.41) is 1.72. The zero-order valence-electron chi connectivity index (χ0n) is 25.5. The van der Waals surface area contributed by atoms with E-state index in [4.69, 9.17) is 65.0 Å². The van der Waals surface area contributed by atoms with E-state index in [1.165, 1.54) is 0 Å². The maximum atomic E-state index is 13.4.